The van der Waals surface area contributed by atoms with E-state index in [1.807, 2.05) is 26.8 Å². The van der Waals surface area contributed by atoms with Crippen LogP contribution < -0.4 is 5.32 Å². The third-order valence-corrected chi connectivity index (χ3v) is 4.69. The van der Waals surface area contributed by atoms with Gasteiger partial charge in [-0.05, 0) is 70.3 Å². The number of likely N-dealkylation sites (tertiary alicyclic amines) is 1. The number of rotatable bonds is 3. The summed E-state index contributed by atoms with van der Waals surface area (Å²) in [5.74, 6) is -0.186. The molecule has 1 aromatic rings. The van der Waals surface area contributed by atoms with Gasteiger partial charge in [0.2, 0.25) is 0 Å². The van der Waals surface area contributed by atoms with Gasteiger partial charge >= 0.3 is 6.09 Å². The molecule has 1 atom stereocenters. The maximum atomic E-state index is 13.8. The fourth-order valence-corrected chi connectivity index (χ4v) is 3.42. The van der Waals surface area contributed by atoms with Crippen LogP contribution in [0.4, 0.5) is 9.18 Å². The molecule has 0 spiro atoms. The van der Waals surface area contributed by atoms with Gasteiger partial charge in [0.05, 0.1) is 0 Å². The summed E-state index contributed by atoms with van der Waals surface area (Å²) in [6, 6.07) is 3.46. The molecular formula is C18H26BrFN2O2. The van der Waals surface area contributed by atoms with Crippen molar-refractivity contribution in [1.29, 1.82) is 0 Å². The van der Waals surface area contributed by atoms with Gasteiger partial charge in [-0.1, -0.05) is 15.9 Å². The monoisotopic (exact) mass is 400 g/mol. The largest absolute Gasteiger partial charge is 0.444 e. The van der Waals surface area contributed by atoms with Crippen LogP contribution in [0, 0.1) is 12.7 Å². The van der Waals surface area contributed by atoms with Crippen molar-refractivity contribution < 1.29 is 13.9 Å². The van der Waals surface area contributed by atoms with Crippen LogP contribution in [0.5, 0.6) is 0 Å². The number of halogens is 2. The maximum Gasteiger partial charge on any atom is 0.407 e. The number of carbonyl (C=O) groups excluding carboxylic acids is 1. The van der Waals surface area contributed by atoms with Gasteiger partial charge in [-0.2, -0.15) is 0 Å². The lowest BCUT2D eigenvalue weighted by Gasteiger charge is -2.33. The summed E-state index contributed by atoms with van der Waals surface area (Å²) in [5, 5.41) is 2.94. The Labute approximate surface area is 151 Å². The van der Waals surface area contributed by atoms with E-state index in [0.29, 0.717) is 12.1 Å². The number of benzene rings is 1. The summed E-state index contributed by atoms with van der Waals surface area (Å²) in [7, 11) is 0. The minimum atomic E-state index is -0.497. The summed E-state index contributed by atoms with van der Waals surface area (Å²) in [6.45, 7) is 9.64. The Morgan fingerprint density at radius 3 is 2.83 bits per heavy atom. The molecule has 0 aliphatic carbocycles. The highest BCUT2D eigenvalue weighted by Crippen LogP contribution is 2.24. The molecule has 1 fully saturated rings. The Balaban J connectivity index is 1.94. The summed E-state index contributed by atoms with van der Waals surface area (Å²) in [6.07, 6.45) is 1.54. The number of carbonyl (C=O) groups is 1. The molecule has 1 N–H and O–H groups in total. The minimum Gasteiger partial charge on any atom is -0.444 e. The number of amides is 1. The van der Waals surface area contributed by atoms with E-state index in [1.165, 1.54) is 0 Å². The van der Waals surface area contributed by atoms with E-state index in [1.54, 1.807) is 13.0 Å². The second kappa shape index (κ2) is 7.83. The van der Waals surface area contributed by atoms with Crippen molar-refractivity contribution in [3.63, 3.8) is 0 Å². The Morgan fingerprint density at radius 2 is 2.17 bits per heavy atom. The first-order valence-corrected chi connectivity index (χ1v) is 9.10. The zero-order valence-electron chi connectivity index (χ0n) is 14.8. The third kappa shape index (κ3) is 5.74. The van der Waals surface area contributed by atoms with Crippen molar-refractivity contribution in [3.8, 4) is 0 Å². The quantitative estimate of drug-likeness (QED) is 0.817. The number of aryl methyl sites for hydroxylation is 1. The van der Waals surface area contributed by atoms with Crippen LogP contribution in [0.1, 0.15) is 44.7 Å². The molecule has 6 heteroatoms. The Kier molecular flexibility index (Phi) is 6.26. The molecule has 1 aliphatic rings. The number of nitrogens with one attached hydrogen (secondary N) is 1. The van der Waals surface area contributed by atoms with Crippen molar-refractivity contribution >= 4 is 22.0 Å². The molecule has 1 saturated heterocycles. The van der Waals surface area contributed by atoms with Crippen LogP contribution >= 0.6 is 15.9 Å². The van der Waals surface area contributed by atoms with Crippen molar-refractivity contribution in [2.45, 2.75) is 58.7 Å². The number of hydrogen-bond donors (Lipinski definition) is 1. The van der Waals surface area contributed by atoms with Gasteiger partial charge in [0, 0.05) is 23.6 Å². The number of piperidine rings is 1. The number of nitrogens with zero attached hydrogens (tertiary/aromatic N) is 1. The molecule has 0 bridgehead atoms. The molecular weight excluding hydrogens is 375 g/mol. The van der Waals surface area contributed by atoms with Crippen LogP contribution in [0.25, 0.3) is 0 Å². The SMILES string of the molecule is Cc1cc(Br)c(CN2CCC[C@H](NC(=O)OC(C)(C)C)C2)cc1F. The van der Waals surface area contributed by atoms with E-state index in [4.69, 9.17) is 4.74 Å². The smallest absolute Gasteiger partial charge is 0.407 e. The number of hydrogen-bond acceptors (Lipinski definition) is 3. The van der Waals surface area contributed by atoms with Crippen LogP contribution in [0.2, 0.25) is 0 Å². The normalized spacial score (nSPS) is 19.2. The molecule has 4 nitrogen and oxygen atoms in total. The first kappa shape index (κ1) is 19.2. The predicted octanol–water partition coefficient (Wildman–Crippen LogP) is 4.39. The first-order valence-electron chi connectivity index (χ1n) is 8.30. The molecule has 1 heterocycles. The zero-order valence-corrected chi connectivity index (χ0v) is 16.4. The van der Waals surface area contributed by atoms with E-state index >= 15 is 0 Å². The van der Waals surface area contributed by atoms with E-state index in [9.17, 15) is 9.18 Å². The van der Waals surface area contributed by atoms with Crippen molar-refractivity contribution in [2.24, 2.45) is 0 Å². The molecule has 0 aromatic heterocycles. The first-order chi connectivity index (χ1) is 11.1. The molecule has 0 radical (unpaired) electrons. The molecule has 24 heavy (non-hydrogen) atoms. The molecule has 2 rings (SSSR count). The molecule has 1 aliphatic heterocycles. The highest BCUT2D eigenvalue weighted by Gasteiger charge is 2.24. The zero-order chi connectivity index (χ0) is 17.9. The van der Waals surface area contributed by atoms with Crippen molar-refractivity contribution in [1.82, 2.24) is 10.2 Å². The molecule has 1 aromatic carbocycles. The summed E-state index contributed by atoms with van der Waals surface area (Å²) in [5.41, 5.74) is 1.06. The Morgan fingerprint density at radius 1 is 1.46 bits per heavy atom. The van der Waals surface area contributed by atoms with Gasteiger partial charge in [0.15, 0.2) is 0 Å². The van der Waals surface area contributed by atoms with Gasteiger partial charge in [0.1, 0.15) is 11.4 Å². The van der Waals surface area contributed by atoms with E-state index in [-0.39, 0.29) is 18.0 Å². The Hall–Kier alpha value is -1.14. The van der Waals surface area contributed by atoms with Crippen LogP contribution in [-0.2, 0) is 11.3 Å². The summed E-state index contributed by atoms with van der Waals surface area (Å²) < 4.78 is 20.0. The second-order valence-corrected chi connectivity index (χ2v) is 8.27. The predicted molar refractivity (Wildman–Crippen MR) is 96.5 cm³/mol. The summed E-state index contributed by atoms with van der Waals surface area (Å²) >= 11 is 3.51. The van der Waals surface area contributed by atoms with E-state index in [0.717, 1.165) is 36.0 Å². The van der Waals surface area contributed by atoms with Gasteiger partial charge in [-0.15, -0.1) is 0 Å². The number of ether oxygens (including phenoxy) is 1. The number of alkyl carbamates (subject to hydrolysis) is 1. The third-order valence-electron chi connectivity index (χ3n) is 3.95. The van der Waals surface area contributed by atoms with Crippen LogP contribution in [0.3, 0.4) is 0 Å². The highest BCUT2D eigenvalue weighted by atomic mass is 79.9. The van der Waals surface area contributed by atoms with Crippen LogP contribution in [0.15, 0.2) is 16.6 Å². The fraction of sp³-hybridized carbons (Fsp3) is 0.611. The second-order valence-electron chi connectivity index (χ2n) is 7.41. The Bertz CT molecular complexity index is 601. The van der Waals surface area contributed by atoms with Gasteiger partial charge in [0.25, 0.3) is 0 Å². The van der Waals surface area contributed by atoms with Gasteiger partial charge in [-0.25, -0.2) is 9.18 Å². The molecule has 134 valence electrons. The van der Waals surface area contributed by atoms with Gasteiger partial charge < -0.3 is 10.1 Å². The van der Waals surface area contributed by atoms with Gasteiger partial charge in [-0.3, -0.25) is 4.90 Å². The maximum absolute atomic E-state index is 13.8. The average Bonchev–Trinajstić information content (AvgIpc) is 2.43. The lowest BCUT2D eigenvalue weighted by atomic mass is 10.0. The molecule has 0 unspecified atom stereocenters. The highest BCUT2D eigenvalue weighted by molar-refractivity contribution is 9.10. The van der Waals surface area contributed by atoms with Crippen LogP contribution in [-0.4, -0.2) is 35.7 Å². The van der Waals surface area contributed by atoms with Crippen molar-refractivity contribution in [3.05, 3.63) is 33.5 Å². The lowest BCUT2D eigenvalue weighted by molar-refractivity contribution is 0.0470. The average molecular weight is 401 g/mol. The minimum absolute atomic E-state index is 0.0580. The van der Waals surface area contributed by atoms with Crippen molar-refractivity contribution in [2.75, 3.05) is 13.1 Å². The molecule has 0 saturated carbocycles. The van der Waals surface area contributed by atoms with E-state index < -0.39 is 5.60 Å². The molecule has 1 amide bonds. The fourth-order valence-electron chi connectivity index (χ4n) is 2.84. The van der Waals surface area contributed by atoms with E-state index in [2.05, 4.69) is 26.1 Å². The standard InChI is InChI=1S/C18H26BrFN2O2/c1-12-8-15(19)13(9-16(12)20)10-22-7-5-6-14(11-22)21-17(23)24-18(2,3)4/h8-9,14H,5-7,10-11H2,1-4H3,(H,21,23)/t14-/m0/s1. The lowest BCUT2D eigenvalue weighted by Crippen LogP contribution is -2.48. The topological polar surface area (TPSA) is 41.6 Å². The summed E-state index contributed by atoms with van der Waals surface area (Å²) in [4.78, 5) is 14.2.